The zero-order chi connectivity index (χ0) is 31.0. The lowest BCUT2D eigenvalue weighted by Crippen LogP contribution is -2.55. The second-order valence-electron chi connectivity index (χ2n) is 12.4. The summed E-state index contributed by atoms with van der Waals surface area (Å²) in [5, 5.41) is 22.3. The molecule has 4 N–H and O–H groups in total. The molecule has 12 heteroatoms. The van der Waals surface area contributed by atoms with Gasteiger partial charge in [0.05, 0.1) is 74.1 Å². The summed E-state index contributed by atoms with van der Waals surface area (Å²) in [7, 11) is 8.68. The number of nitrogens with two attached hydrogens (primary N) is 1. The minimum absolute atomic E-state index is 0.292. The van der Waals surface area contributed by atoms with Crippen molar-refractivity contribution in [3.63, 3.8) is 0 Å². The third-order valence-electron chi connectivity index (χ3n) is 8.42. The zero-order valence-electron chi connectivity index (χ0n) is 26.3. The summed E-state index contributed by atoms with van der Waals surface area (Å²) in [6.45, 7) is 8.50. The summed E-state index contributed by atoms with van der Waals surface area (Å²) < 4.78 is 4.75. The minimum atomic E-state index is 0.292. The van der Waals surface area contributed by atoms with Crippen molar-refractivity contribution >= 4 is 45.5 Å². The molecule has 0 spiro atoms. The van der Waals surface area contributed by atoms with Gasteiger partial charge in [-0.25, -0.2) is 14.0 Å². The Morgan fingerprint density at radius 1 is 0.977 bits per heavy atom. The van der Waals surface area contributed by atoms with Gasteiger partial charge in [0.1, 0.15) is 11.4 Å². The number of allylic oxidation sites excluding steroid dienone is 2. The summed E-state index contributed by atoms with van der Waals surface area (Å²) in [4.78, 5) is 11.9. The first kappa shape index (κ1) is 29.4. The molecule has 5 heterocycles. The Morgan fingerprint density at radius 3 is 2.34 bits per heavy atom. The Labute approximate surface area is 258 Å². The van der Waals surface area contributed by atoms with E-state index in [4.69, 9.17) is 26.3 Å². The summed E-state index contributed by atoms with van der Waals surface area (Å²) in [5.74, 6) is 1.69. The number of pyridine rings is 2. The van der Waals surface area contributed by atoms with Crippen LogP contribution < -0.4 is 20.9 Å². The Balaban J connectivity index is 1.40. The normalized spacial score (nSPS) is 17.9. The monoisotopic (exact) mass is 595 g/mol. The molecule has 1 fully saturated rings. The summed E-state index contributed by atoms with van der Waals surface area (Å²) in [6.07, 6.45) is 7.44. The van der Waals surface area contributed by atoms with Crippen LogP contribution in [0.5, 0.6) is 0 Å². The van der Waals surface area contributed by atoms with E-state index in [9.17, 15) is 0 Å². The van der Waals surface area contributed by atoms with E-state index in [2.05, 4.69) is 55.1 Å². The van der Waals surface area contributed by atoms with Crippen LogP contribution in [0, 0.1) is 5.41 Å². The molecule has 0 atom stereocenters. The highest BCUT2D eigenvalue weighted by Crippen LogP contribution is 2.35. The van der Waals surface area contributed by atoms with E-state index in [1.165, 1.54) is 0 Å². The first-order valence-corrected chi connectivity index (χ1v) is 15.2. The van der Waals surface area contributed by atoms with Gasteiger partial charge in [-0.15, -0.1) is 10.2 Å². The standard InChI is InChI=1S/C32H43N12/c1-6-40(16-15-39(2)3)31-29(27-11-7-9-13-42(27)37-31)35-25-22-26(24(34)21-23(25)33)36-30-28-12-8-10-14-43(28)38-32(30)41-17-19-44(4,5)20-18-41/h7-14,21-22,34,36H,6,15-20,33H2,1-5H3/q+1/b34-24?,35-25-. The Hall–Kier alpha value is -4.68. The van der Waals surface area contributed by atoms with Crippen molar-refractivity contribution in [1.29, 1.82) is 5.41 Å². The number of hydrogen-bond acceptors (Lipinski definition) is 9. The lowest BCUT2D eigenvalue weighted by Gasteiger charge is -2.39. The average Bonchev–Trinajstić information content (AvgIpc) is 3.54. The van der Waals surface area contributed by atoms with E-state index in [1.807, 2.05) is 63.9 Å². The molecule has 0 radical (unpaired) electrons. The molecule has 4 aromatic rings. The zero-order valence-corrected chi connectivity index (χ0v) is 26.3. The molecule has 0 unspecified atom stereocenters. The Kier molecular flexibility index (Phi) is 7.87. The van der Waals surface area contributed by atoms with E-state index in [0.29, 0.717) is 22.8 Å². The lowest BCUT2D eigenvalue weighted by molar-refractivity contribution is -0.890. The molecule has 0 aromatic carbocycles. The van der Waals surface area contributed by atoms with Gasteiger partial charge < -0.3 is 30.2 Å². The number of anilines is 3. The van der Waals surface area contributed by atoms with Gasteiger partial charge in [0.25, 0.3) is 0 Å². The van der Waals surface area contributed by atoms with E-state index < -0.39 is 0 Å². The van der Waals surface area contributed by atoms with Crippen LogP contribution in [0.4, 0.5) is 23.0 Å². The quantitative estimate of drug-likeness (QED) is 0.201. The summed E-state index contributed by atoms with van der Waals surface area (Å²) >= 11 is 0. The van der Waals surface area contributed by atoms with Crippen LogP contribution in [0.15, 0.2) is 77.3 Å². The van der Waals surface area contributed by atoms with Crippen LogP contribution in [-0.4, -0.2) is 114 Å². The molecule has 6 rings (SSSR count). The Bertz CT molecular complexity index is 1780. The van der Waals surface area contributed by atoms with Crippen LogP contribution in [0.1, 0.15) is 6.92 Å². The van der Waals surface area contributed by atoms with Crippen molar-refractivity contribution in [3.05, 3.63) is 72.3 Å². The molecule has 1 saturated heterocycles. The van der Waals surface area contributed by atoms with Gasteiger partial charge in [0.2, 0.25) is 0 Å². The number of nitrogens with one attached hydrogen (secondary N) is 2. The number of quaternary nitrogens is 1. The molecule has 4 aromatic heterocycles. The number of nitrogens with zero attached hydrogens (tertiary/aromatic N) is 9. The maximum absolute atomic E-state index is 8.85. The largest absolute Gasteiger partial charge is 0.397 e. The van der Waals surface area contributed by atoms with E-state index in [1.54, 1.807) is 6.08 Å². The van der Waals surface area contributed by atoms with Gasteiger partial charge in [-0.2, -0.15) is 0 Å². The highest BCUT2D eigenvalue weighted by Gasteiger charge is 2.29. The van der Waals surface area contributed by atoms with Crippen molar-refractivity contribution in [2.45, 2.75) is 6.92 Å². The van der Waals surface area contributed by atoms with Gasteiger partial charge in [-0.05, 0) is 57.4 Å². The van der Waals surface area contributed by atoms with Gasteiger partial charge in [0, 0.05) is 32.0 Å². The number of aliphatic imine (C=N–C) groups is 1. The predicted octanol–water partition coefficient (Wildman–Crippen LogP) is 3.21. The van der Waals surface area contributed by atoms with Crippen LogP contribution in [-0.2, 0) is 0 Å². The van der Waals surface area contributed by atoms with Gasteiger partial charge >= 0.3 is 0 Å². The Morgan fingerprint density at radius 2 is 1.66 bits per heavy atom. The molecular weight excluding hydrogens is 552 g/mol. The van der Waals surface area contributed by atoms with Gasteiger partial charge in [-0.3, -0.25) is 5.41 Å². The summed E-state index contributed by atoms with van der Waals surface area (Å²) in [5.41, 5.74) is 11.9. The second-order valence-corrected chi connectivity index (χ2v) is 12.4. The third kappa shape index (κ3) is 5.78. The maximum atomic E-state index is 8.85. The van der Waals surface area contributed by atoms with Crippen molar-refractivity contribution in [3.8, 4) is 0 Å². The van der Waals surface area contributed by atoms with Gasteiger partial charge in [0.15, 0.2) is 11.6 Å². The lowest BCUT2D eigenvalue weighted by atomic mass is 10.0. The SMILES string of the molecule is CCN(CCN(C)C)c1nn2ccccc2c1/N=C1/C=C(Nc2c(N3CC[N+](C)(C)CC3)nn3ccccc23)C(=N)C=C1N. The summed E-state index contributed by atoms with van der Waals surface area (Å²) in [6, 6.07) is 12.0. The molecule has 230 valence electrons. The number of fused-ring (bicyclic) bond motifs is 2. The molecule has 1 aliphatic heterocycles. The van der Waals surface area contributed by atoms with Crippen LogP contribution >= 0.6 is 0 Å². The molecular formula is C32H43N12+. The van der Waals surface area contributed by atoms with E-state index in [0.717, 1.165) is 84.3 Å². The minimum Gasteiger partial charge on any atom is -0.397 e. The number of likely N-dealkylation sites (N-methyl/N-ethyl adjacent to an activating group) is 3. The molecule has 2 aliphatic rings. The molecule has 0 bridgehead atoms. The fourth-order valence-corrected chi connectivity index (χ4v) is 5.63. The molecule has 1 aliphatic carbocycles. The molecule has 12 nitrogen and oxygen atoms in total. The predicted molar refractivity (Wildman–Crippen MR) is 180 cm³/mol. The van der Waals surface area contributed by atoms with Crippen LogP contribution in [0.2, 0.25) is 0 Å². The van der Waals surface area contributed by atoms with Crippen molar-refractivity contribution in [2.24, 2.45) is 10.7 Å². The number of rotatable bonds is 9. The average molecular weight is 596 g/mol. The van der Waals surface area contributed by atoms with Crippen LogP contribution in [0.3, 0.4) is 0 Å². The first-order valence-electron chi connectivity index (χ1n) is 15.2. The maximum Gasteiger partial charge on any atom is 0.177 e. The number of piperazine rings is 1. The number of hydrogen-bond donors (Lipinski definition) is 3. The second kappa shape index (κ2) is 11.8. The fraction of sp³-hybridized carbons (Fsp3) is 0.375. The molecule has 0 amide bonds. The highest BCUT2D eigenvalue weighted by atomic mass is 15.4. The molecule has 44 heavy (non-hydrogen) atoms. The van der Waals surface area contributed by atoms with Crippen LogP contribution in [0.25, 0.3) is 11.0 Å². The first-order chi connectivity index (χ1) is 21.1. The third-order valence-corrected chi connectivity index (χ3v) is 8.42. The van der Waals surface area contributed by atoms with Crippen molar-refractivity contribution < 1.29 is 4.48 Å². The fourth-order valence-electron chi connectivity index (χ4n) is 5.63. The van der Waals surface area contributed by atoms with Gasteiger partial charge in [-0.1, -0.05) is 12.1 Å². The molecule has 0 saturated carbocycles. The van der Waals surface area contributed by atoms with Crippen molar-refractivity contribution in [2.75, 3.05) is 89.1 Å². The van der Waals surface area contributed by atoms with Crippen molar-refractivity contribution in [1.82, 2.24) is 24.1 Å². The van der Waals surface area contributed by atoms with E-state index in [-0.39, 0.29) is 0 Å². The van der Waals surface area contributed by atoms with E-state index >= 15 is 0 Å². The number of aromatic nitrogens is 4. The smallest absolute Gasteiger partial charge is 0.177 e. The topological polar surface area (TPSA) is 119 Å². The highest BCUT2D eigenvalue weighted by molar-refractivity contribution is 6.24.